The first kappa shape index (κ1) is 19.5. The molecule has 1 N–H and O–H groups in total. The Morgan fingerprint density at radius 3 is 2.69 bits per heavy atom. The van der Waals surface area contributed by atoms with E-state index in [-0.39, 0.29) is 12.1 Å². The lowest BCUT2D eigenvalue weighted by Gasteiger charge is -2.18. The summed E-state index contributed by atoms with van der Waals surface area (Å²) < 4.78 is 10.3. The number of cyclic esters (lactones) is 1. The number of methoxy groups -OCH3 is 1. The molecular formula is C19H26N4O3. The van der Waals surface area contributed by atoms with Crippen molar-refractivity contribution >= 4 is 17.9 Å². The Morgan fingerprint density at radius 2 is 2.04 bits per heavy atom. The topological polar surface area (TPSA) is 76.6 Å². The van der Waals surface area contributed by atoms with E-state index in [4.69, 9.17) is 9.47 Å². The minimum absolute atomic E-state index is 0.0491. The van der Waals surface area contributed by atoms with E-state index in [0.29, 0.717) is 24.9 Å². The van der Waals surface area contributed by atoms with E-state index < -0.39 is 0 Å². The van der Waals surface area contributed by atoms with Gasteiger partial charge in [0.25, 0.3) is 0 Å². The lowest BCUT2D eigenvalue weighted by Crippen LogP contribution is -2.25. The number of nitrogens with zero attached hydrogens (tertiary/aromatic N) is 3. The third-order valence-electron chi connectivity index (χ3n) is 3.63. The maximum atomic E-state index is 11.6. The minimum atomic E-state index is -0.382. The Morgan fingerprint density at radius 1 is 1.31 bits per heavy atom. The normalized spacial score (nSPS) is 14.2. The van der Waals surface area contributed by atoms with Gasteiger partial charge in [-0.05, 0) is 19.1 Å². The molecule has 0 saturated carbocycles. The van der Waals surface area contributed by atoms with Gasteiger partial charge in [0.15, 0.2) is 0 Å². The van der Waals surface area contributed by atoms with Crippen LogP contribution in [0.1, 0.15) is 38.8 Å². The van der Waals surface area contributed by atoms with E-state index in [1.165, 1.54) is 11.3 Å². The predicted octanol–water partition coefficient (Wildman–Crippen LogP) is 4.03. The number of hydrogen-bond donors (Lipinski definition) is 1. The second kappa shape index (κ2) is 9.60. The second-order valence-corrected chi connectivity index (χ2v) is 5.82. The van der Waals surface area contributed by atoms with Crippen molar-refractivity contribution in [3.05, 3.63) is 42.1 Å². The van der Waals surface area contributed by atoms with E-state index >= 15 is 0 Å². The minimum Gasteiger partial charge on any atom is -0.496 e. The third kappa shape index (κ3) is 4.84. The molecule has 3 rings (SSSR count). The van der Waals surface area contributed by atoms with Crippen LogP contribution < -0.4 is 15.0 Å². The molecule has 7 heteroatoms. The monoisotopic (exact) mass is 358 g/mol. The Labute approximate surface area is 154 Å². The average molecular weight is 358 g/mol. The smallest absolute Gasteiger partial charge is 0.415 e. The van der Waals surface area contributed by atoms with Crippen LogP contribution >= 0.6 is 0 Å². The van der Waals surface area contributed by atoms with Crippen molar-refractivity contribution < 1.29 is 14.3 Å². The standard InChI is InChI=1S/C16H18N4O3.C3H8/c1-11(12-5-3-4-6-13(12)22-2)18-15-17-8-7-14(19-15)20-9-10-23-16(20)21;1-3-2/h3-8,11H,9-10H2,1-2H3,(H,17,18,19);3H2,1-2H3/t11-;/m0./s1. The van der Waals surface area contributed by atoms with Crippen LogP contribution in [0.4, 0.5) is 16.6 Å². The summed E-state index contributed by atoms with van der Waals surface area (Å²) in [5.41, 5.74) is 1.00. The Hall–Kier alpha value is -2.83. The molecule has 0 spiro atoms. The molecule has 1 aliphatic rings. The molecule has 1 saturated heterocycles. The number of hydrogen-bond acceptors (Lipinski definition) is 6. The Kier molecular flexibility index (Phi) is 7.20. The van der Waals surface area contributed by atoms with Crippen molar-refractivity contribution in [2.75, 3.05) is 30.5 Å². The van der Waals surface area contributed by atoms with E-state index in [2.05, 4.69) is 29.1 Å². The van der Waals surface area contributed by atoms with E-state index in [1.54, 1.807) is 19.4 Å². The summed E-state index contributed by atoms with van der Waals surface area (Å²) in [6, 6.07) is 9.40. The van der Waals surface area contributed by atoms with E-state index in [9.17, 15) is 4.79 Å². The largest absolute Gasteiger partial charge is 0.496 e. The van der Waals surface area contributed by atoms with Gasteiger partial charge in [-0.1, -0.05) is 38.5 Å². The number of para-hydroxylation sites is 1. The van der Waals surface area contributed by atoms with Crippen LogP contribution in [0, 0.1) is 0 Å². The highest BCUT2D eigenvalue weighted by molar-refractivity contribution is 5.88. The number of carbonyl (C=O) groups is 1. The van der Waals surface area contributed by atoms with Gasteiger partial charge in [0.2, 0.25) is 5.95 Å². The lowest BCUT2D eigenvalue weighted by atomic mass is 10.1. The molecule has 1 atom stereocenters. The zero-order chi connectivity index (χ0) is 18.9. The van der Waals surface area contributed by atoms with Crippen molar-refractivity contribution in [2.24, 2.45) is 0 Å². The molecule has 7 nitrogen and oxygen atoms in total. The molecule has 1 amide bonds. The van der Waals surface area contributed by atoms with E-state index in [1.807, 2.05) is 31.2 Å². The van der Waals surface area contributed by atoms with Gasteiger partial charge in [-0.25, -0.2) is 9.78 Å². The van der Waals surface area contributed by atoms with Gasteiger partial charge in [0.05, 0.1) is 19.7 Å². The molecular weight excluding hydrogens is 332 g/mol. The highest BCUT2D eigenvalue weighted by Gasteiger charge is 2.25. The fourth-order valence-corrected chi connectivity index (χ4v) is 2.47. The zero-order valence-corrected chi connectivity index (χ0v) is 15.7. The fraction of sp³-hybridized carbons (Fsp3) is 0.421. The van der Waals surface area contributed by atoms with Gasteiger partial charge in [-0.2, -0.15) is 4.98 Å². The summed E-state index contributed by atoms with van der Waals surface area (Å²) in [6.07, 6.45) is 2.48. The summed E-state index contributed by atoms with van der Waals surface area (Å²) >= 11 is 0. The molecule has 140 valence electrons. The molecule has 0 bridgehead atoms. The number of anilines is 2. The summed E-state index contributed by atoms with van der Waals surface area (Å²) in [6.45, 7) is 7.12. The molecule has 0 radical (unpaired) electrons. The lowest BCUT2D eigenvalue weighted by molar-refractivity contribution is 0.181. The van der Waals surface area contributed by atoms with Gasteiger partial charge in [-0.15, -0.1) is 0 Å². The van der Waals surface area contributed by atoms with Crippen LogP contribution in [0.3, 0.4) is 0 Å². The number of aromatic nitrogens is 2. The highest BCUT2D eigenvalue weighted by Crippen LogP contribution is 2.27. The number of ether oxygens (including phenoxy) is 2. The van der Waals surface area contributed by atoms with Gasteiger partial charge < -0.3 is 14.8 Å². The number of rotatable bonds is 5. The molecule has 2 heterocycles. The van der Waals surface area contributed by atoms with Crippen molar-refractivity contribution in [3.63, 3.8) is 0 Å². The SMILES string of the molecule is CCC.COc1ccccc1[C@H](C)Nc1nccc(N2CCOC2=O)n1. The first-order valence-electron chi connectivity index (χ1n) is 8.77. The quantitative estimate of drug-likeness (QED) is 0.869. The van der Waals surface area contributed by atoms with Crippen LogP contribution in [0.15, 0.2) is 36.5 Å². The summed E-state index contributed by atoms with van der Waals surface area (Å²) in [4.78, 5) is 21.7. The maximum Gasteiger partial charge on any atom is 0.415 e. The van der Waals surface area contributed by atoms with Gasteiger partial charge in [0, 0.05) is 11.8 Å². The first-order chi connectivity index (χ1) is 12.6. The van der Waals surface area contributed by atoms with Crippen LogP contribution in [0.25, 0.3) is 0 Å². The van der Waals surface area contributed by atoms with Crippen LogP contribution in [-0.4, -0.2) is 36.3 Å². The van der Waals surface area contributed by atoms with Crippen molar-refractivity contribution in [3.8, 4) is 5.75 Å². The number of nitrogens with one attached hydrogen (secondary N) is 1. The maximum absolute atomic E-state index is 11.6. The molecule has 1 fully saturated rings. The summed E-state index contributed by atoms with van der Waals surface area (Å²) in [5.74, 6) is 1.77. The highest BCUT2D eigenvalue weighted by atomic mass is 16.6. The zero-order valence-electron chi connectivity index (χ0n) is 15.7. The second-order valence-electron chi connectivity index (χ2n) is 5.82. The fourth-order valence-electron chi connectivity index (χ4n) is 2.47. The summed E-state index contributed by atoms with van der Waals surface area (Å²) in [5, 5.41) is 3.23. The van der Waals surface area contributed by atoms with Crippen molar-refractivity contribution in [1.82, 2.24) is 9.97 Å². The first-order valence-corrected chi connectivity index (χ1v) is 8.77. The van der Waals surface area contributed by atoms with Gasteiger partial charge in [-0.3, -0.25) is 4.90 Å². The van der Waals surface area contributed by atoms with E-state index in [0.717, 1.165) is 11.3 Å². The Balaban J connectivity index is 0.000000758. The third-order valence-corrected chi connectivity index (χ3v) is 3.63. The van der Waals surface area contributed by atoms with Crippen LogP contribution in [-0.2, 0) is 4.74 Å². The van der Waals surface area contributed by atoms with Crippen molar-refractivity contribution in [1.29, 1.82) is 0 Å². The van der Waals surface area contributed by atoms with Gasteiger partial charge in [0.1, 0.15) is 18.2 Å². The molecule has 0 unspecified atom stereocenters. The molecule has 1 aliphatic heterocycles. The number of amides is 1. The molecule has 2 aromatic rings. The number of carbonyl (C=O) groups excluding carboxylic acids is 1. The predicted molar refractivity (Wildman–Crippen MR) is 102 cm³/mol. The Bertz CT molecular complexity index is 723. The summed E-state index contributed by atoms with van der Waals surface area (Å²) in [7, 11) is 1.64. The molecule has 1 aromatic heterocycles. The average Bonchev–Trinajstić information content (AvgIpc) is 3.08. The van der Waals surface area contributed by atoms with Crippen LogP contribution in [0.2, 0.25) is 0 Å². The molecule has 1 aromatic carbocycles. The molecule has 26 heavy (non-hydrogen) atoms. The number of benzene rings is 1. The van der Waals surface area contributed by atoms with Crippen LogP contribution in [0.5, 0.6) is 5.75 Å². The van der Waals surface area contributed by atoms with Crippen molar-refractivity contribution in [2.45, 2.75) is 33.2 Å². The molecule has 0 aliphatic carbocycles. The van der Waals surface area contributed by atoms with Gasteiger partial charge >= 0.3 is 6.09 Å².